The van der Waals surface area contributed by atoms with Crippen LogP contribution >= 0.6 is 15.9 Å². The fraction of sp³-hybridized carbons (Fsp3) is 0.118. The molecule has 0 saturated heterocycles. The molecule has 0 saturated carbocycles. The molecule has 1 aliphatic heterocycles. The minimum Gasteiger partial charge on any atom is -0.492 e. The summed E-state index contributed by atoms with van der Waals surface area (Å²) in [4.78, 5) is 22.9. The van der Waals surface area contributed by atoms with Gasteiger partial charge in [-0.15, -0.1) is 0 Å². The summed E-state index contributed by atoms with van der Waals surface area (Å²) in [6, 6.07) is 11.4. The van der Waals surface area contributed by atoms with E-state index >= 15 is 0 Å². The van der Waals surface area contributed by atoms with Crippen molar-refractivity contribution in [2.75, 3.05) is 6.61 Å². The smallest absolute Gasteiger partial charge is 0.269 e. The largest absolute Gasteiger partial charge is 0.492 e. The minimum absolute atomic E-state index is 0.0258. The number of carbonyl (C=O) groups excluding carboxylic acids is 1. The van der Waals surface area contributed by atoms with Crippen molar-refractivity contribution in [2.45, 2.75) is 6.42 Å². The molecule has 0 radical (unpaired) electrons. The number of carbonyl (C=O) groups is 1. The lowest BCUT2D eigenvalue weighted by atomic mass is 9.99. The van der Waals surface area contributed by atoms with Crippen molar-refractivity contribution in [1.82, 2.24) is 0 Å². The molecular formula is C17H12BrNO4. The summed E-state index contributed by atoms with van der Waals surface area (Å²) in [6.07, 6.45) is 2.24. The summed E-state index contributed by atoms with van der Waals surface area (Å²) in [5.41, 5.74) is 1.93. The monoisotopic (exact) mass is 373 g/mol. The molecule has 2 aromatic carbocycles. The van der Waals surface area contributed by atoms with Crippen LogP contribution in [0, 0.1) is 10.1 Å². The molecule has 0 unspecified atom stereocenters. The SMILES string of the molecule is O=C1/C(=C/c2ccc([N+](=O)[O-])cc2)CCOc2cc(Br)ccc21. The lowest BCUT2D eigenvalue weighted by molar-refractivity contribution is -0.384. The standard InChI is InChI=1S/C17H12BrNO4/c18-13-3-6-15-16(10-13)23-8-7-12(17(15)20)9-11-1-4-14(5-2-11)19(21)22/h1-6,9-10H,7-8H2/b12-9+. The first-order chi connectivity index (χ1) is 11.0. The number of nitro groups is 1. The topological polar surface area (TPSA) is 69.4 Å². The highest BCUT2D eigenvalue weighted by Gasteiger charge is 2.21. The fourth-order valence-corrected chi connectivity index (χ4v) is 2.73. The van der Waals surface area contributed by atoms with E-state index in [1.807, 2.05) is 0 Å². The summed E-state index contributed by atoms with van der Waals surface area (Å²) in [7, 11) is 0. The molecule has 0 bridgehead atoms. The van der Waals surface area contributed by atoms with Crippen LogP contribution in [0.3, 0.4) is 0 Å². The van der Waals surface area contributed by atoms with E-state index in [4.69, 9.17) is 4.74 Å². The van der Waals surface area contributed by atoms with Crippen LogP contribution in [0.5, 0.6) is 5.75 Å². The van der Waals surface area contributed by atoms with Crippen LogP contribution in [0.2, 0.25) is 0 Å². The highest BCUT2D eigenvalue weighted by atomic mass is 79.9. The zero-order valence-corrected chi connectivity index (χ0v) is 13.6. The second-order valence-corrected chi connectivity index (χ2v) is 6.00. The molecule has 1 heterocycles. The maximum Gasteiger partial charge on any atom is 0.269 e. The molecule has 0 atom stereocenters. The fourth-order valence-electron chi connectivity index (χ4n) is 2.39. The average molecular weight is 374 g/mol. The first-order valence-corrected chi connectivity index (χ1v) is 7.76. The quantitative estimate of drug-likeness (QED) is 0.444. The Morgan fingerprint density at radius 1 is 1.17 bits per heavy atom. The number of Topliss-reactive ketones (excluding diaryl/α,β-unsaturated/α-hetero) is 1. The van der Waals surface area contributed by atoms with Crippen LogP contribution in [0.4, 0.5) is 5.69 Å². The van der Waals surface area contributed by atoms with E-state index in [0.717, 1.165) is 10.0 Å². The maximum atomic E-state index is 12.7. The van der Waals surface area contributed by atoms with Crippen molar-refractivity contribution in [1.29, 1.82) is 0 Å². The molecule has 2 aromatic rings. The Hall–Kier alpha value is -2.47. The van der Waals surface area contributed by atoms with Crippen LogP contribution in [0.1, 0.15) is 22.3 Å². The van der Waals surface area contributed by atoms with E-state index in [2.05, 4.69) is 15.9 Å². The molecule has 0 spiro atoms. The van der Waals surface area contributed by atoms with Gasteiger partial charge in [0.1, 0.15) is 5.75 Å². The van der Waals surface area contributed by atoms with Crippen LogP contribution in [0.15, 0.2) is 52.5 Å². The molecule has 23 heavy (non-hydrogen) atoms. The number of rotatable bonds is 2. The van der Waals surface area contributed by atoms with Gasteiger partial charge in [0.25, 0.3) is 5.69 Å². The van der Waals surface area contributed by atoms with E-state index < -0.39 is 4.92 Å². The number of ketones is 1. The van der Waals surface area contributed by atoms with Gasteiger partial charge in [-0.1, -0.05) is 15.9 Å². The minimum atomic E-state index is -0.449. The number of halogens is 1. The van der Waals surface area contributed by atoms with Gasteiger partial charge in [-0.3, -0.25) is 14.9 Å². The summed E-state index contributed by atoms with van der Waals surface area (Å²) in [5.74, 6) is 0.486. The van der Waals surface area contributed by atoms with Gasteiger partial charge in [-0.05, 0) is 42.0 Å². The van der Waals surface area contributed by atoms with Crippen molar-refractivity contribution in [2.24, 2.45) is 0 Å². The molecule has 0 fully saturated rings. The predicted molar refractivity (Wildman–Crippen MR) is 89.7 cm³/mol. The molecule has 6 heteroatoms. The Balaban J connectivity index is 1.94. The maximum absolute atomic E-state index is 12.7. The molecule has 0 amide bonds. The second-order valence-electron chi connectivity index (χ2n) is 5.09. The predicted octanol–water partition coefficient (Wildman–Crippen LogP) is 4.41. The number of nitro benzene ring substituents is 1. The number of hydrogen-bond acceptors (Lipinski definition) is 4. The summed E-state index contributed by atoms with van der Waals surface area (Å²) >= 11 is 3.36. The Bertz CT molecular complexity index is 812. The molecule has 0 aliphatic carbocycles. The summed E-state index contributed by atoms with van der Waals surface area (Å²) in [5, 5.41) is 10.7. The third kappa shape index (κ3) is 3.32. The zero-order chi connectivity index (χ0) is 16.4. The molecule has 0 aromatic heterocycles. The molecule has 5 nitrogen and oxygen atoms in total. The molecule has 3 rings (SSSR count). The lowest BCUT2D eigenvalue weighted by Gasteiger charge is -2.05. The Morgan fingerprint density at radius 3 is 2.61 bits per heavy atom. The van der Waals surface area contributed by atoms with Crippen molar-refractivity contribution in [3.63, 3.8) is 0 Å². The first kappa shape index (κ1) is 15.4. The Morgan fingerprint density at radius 2 is 1.91 bits per heavy atom. The van der Waals surface area contributed by atoms with Gasteiger partial charge in [0.15, 0.2) is 5.78 Å². The number of nitrogens with zero attached hydrogens (tertiary/aromatic N) is 1. The first-order valence-electron chi connectivity index (χ1n) is 6.96. The van der Waals surface area contributed by atoms with Gasteiger partial charge in [-0.25, -0.2) is 0 Å². The van der Waals surface area contributed by atoms with Crippen LogP contribution < -0.4 is 4.74 Å². The number of hydrogen-bond donors (Lipinski definition) is 0. The van der Waals surface area contributed by atoms with Crippen LogP contribution in [-0.4, -0.2) is 17.3 Å². The second kappa shape index (κ2) is 6.34. The lowest BCUT2D eigenvalue weighted by Crippen LogP contribution is -2.02. The van der Waals surface area contributed by atoms with E-state index in [9.17, 15) is 14.9 Å². The van der Waals surface area contributed by atoms with E-state index in [-0.39, 0.29) is 11.5 Å². The number of benzene rings is 2. The van der Waals surface area contributed by atoms with Crippen molar-refractivity contribution < 1.29 is 14.5 Å². The molecule has 1 aliphatic rings. The highest BCUT2D eigenvalue weighted by molar-refractivity contribution is 9.10. The van der Waals surface area contributed by atoms with E-state index in [1.165, 1.54) is 12.1 Å². The van der Waals surface area contributed by atoms with Gasteiger partial charge in [0, 0.05) is 28.6 Å². The van der Waals surface area contributed by atoms with E-state index in [0.29, 0.717) is 29.9 Å². The van der Waals surface area contributed by atoms with Gasteiger partial charge in [-0.2, -0.15) is 0 Å². The molecule has 0 N–H and O–H groups in total. The third-order valence-corrected chi connectivity index (χ3v) is 4.05. The van der Waals surface area contributed by atoms with Gasteiger partial charge in [0.05, 0.1) is 17.1 Å². The third-order valence-electron chi connectivity index (χ3n) is 3.55. The van der Waals surface area contributed by atoms with Crippen molar-refractivity contribution in [3.8, 4) is 5.75 Å². The van der Waals surface area contributed by atoms with Crippen LogP contribution in [0.25, 0.3) is 6.08 Å². The van der Waals surface area contributed by atoms with Crippen LogP contribution in [-0.2, 0) is 0 Å². The number of non-ortho nitro benzene ring substituents is 1. The normalized spacial score (nSPS) is 15.7. The van der Waals surface area contributed by atoms with Gasteiger partial charge >= 0.3 is 0 Å². The average Bonchev–Trinajstić information content (AvgIpc) is 2.67. The van der Waals surface area contributed by atoms with Crippen molar-refractivity contribution >= 4 is 33.5 Å². The summed E-state index contributed by atoms with van der Waals surface area (Å²) in [6.45, 7) is 0.411. The van der Waals surface area contributed by atoms with Crippen molar-refractivity contribution in [3.05, 3.63) is 73.8 Å². The zero-order valence-electron chi connectivity index (χ0n) is 12.0. The Labute approximate surface area is 140 Å². The van der Waals surface area contributed by atoms with Gasteiger partial charge < -0.3 is 4.74 Å². The highest BCUT2D eigenvalue weighted by Crippen LogP contribution is 2.30. The van der Waals surface area contributed by atoms with E-state index in [1.54, 1.807) is 36.4 Å². The van der Waals surface area contributed by atoms with Gasteiger partial charge in [0.2, 0.25) is 0 Å². The summed E-state index contributed by atoms with van der Waals surface area (Å²) < 4.78 is 6.49. The molecular weight excluding hydrogens is 362 g/mol. The molecule has 116 valence electrons. The number of fused-ring (bicyclic) bond motifs is 1. The Kier molecular flexibility index (Phi) is 4.25. The number of ether oxygens (including phenoxy) is 1.